The van der Waals surface area contributed by atoms with E-state index in [0.29, 0.717) is 0 Å². The molecule has 1 N–H and O–H groups in total. The molecule has 1 atom stereocenters. The molecule has 0 bridgehead atoms. The van der Waals surface area contributed by atoms with Crippen molar-refractivity contribution in [3.8, 4) is 0 Å². The highest BCUT2D eigenvalue weighted by atomic mass is 35.5. The fourth-order valence-corrected chi connectivity index (χ4v) is 1.91. The first kappa shape index (κ1) is 15.6. The average Bonchev–Trinajstić information content (AvgIpc) is 2.34. The Morgan fingerprint density at radius 2 is 2.21 bits per heavy atom. The number of hydrogen-bond acceptors (Lipinski definition) is 5. The highest BCUT2D eigenvalue weighted by Crippen LogP contribution is 2.23. The maximum absolute atomic E-state index is 10.9. The number of halogens is 1. The molecule has 1 aromatic heterocycles. The lowest BCUT2D eigenvalue weighted by atomic mass is 10.1. The van der Waals surface area contributed by atoms with E-state index in [-0.39, 0.29) is 22.8 Å². The largest absolute Gasteiger partial charge is 0.362 e. The minimum Gasteiger partial charge on any atom is -0.362 e. The van der Waals surface area contributed by atoms with Gasteiger partial charge in [0.25, 0.3) is 0 Å². The minimum atomic E-state index is -0.511. The molecule has 0 saturated carbocycles. The fourth-order valence-electron chi connectivity index (χ4n) is 1.78. The number of nitrogens with one attached hydrogen (secondary N) is 1. The summed E-state index contributed by atoms with van der Waals surface area (Å²) in [5.41, 5.74) is -0.148. The summed E-state index contributed by atoms with van der Waals surface area (Å²) < 4.78 is 0. The standard InChI is InChI=1S/C12H19ClN4O2/c1-3-4-5-6-7-9(2)15-11-10(17(18)19)8-14-12(13)16-11/h8-9H,3-7H2,1-2H3,(H,14,15,16). The van der Waals surface area contributed by atoms with Crippen LogP contribution in [-0.2, 0) is 0 Å². The van der Waals surface area contributed by atoms with Crippen LogP contribution in [0.5, 0.6) is 0 Å². The van der Waals surface area contributed by atoms with Gasteiger partial charge >= 0.3 is 5.69 Å². The molecule has 0 amide bonds. The van der Waals surface area contributed by atoms with Crippen LogP contribution in [0.2, 0.25) is 5.28 Å². The molecule has 0 saturated heterocycles. The molecule has 1 rings (SSSR count). The lowest BCUT2D eigenvalue weighted by Gasteiger charge is -2.14. The molecule has 1 aromatic rings. The number of nitro groups is 1. The van der Waals surface area contributed by atoms with Gasteiger partial charge in [0.2, 0.25) is 11.1 Å². The third-order valence-electron chi connectivity index (χ3n) is 2.81. The van der Waals surface area contributed by atoms with Crippen molar-refractivity contribution < 1.29 is 4.92 Å². The third-order valence-corrected chi connectivity index (χ3v) is 2.99. The molecule has 0 spiro atoms. The van der Waals surface area contributed by atoms with Gasteiger partial charge in [0, 0.05) is 6.04 Å². The Morgan fingerprint density at radius 3 is 2.84 bits per heavy atom. The Balaban J connectivity index is 2.60. The van der Waals surface area contributed by atoms with Crippen LogP contribution < -0.4 is 5.32 Å². The first-order valence-corrected chi connectivity index (χ1v) is 6.85. The van der Waals surface area contributed by atoms with E-state index in [9.17, 15) is 10.1 Å². The van der Waals surface area contributed by atoms with Gasteiger partial charge in [-0.15, -0.1) is 0 Å². The molecular formula is C12H19ClN4O2. The number of unbranched alkanes of at least 4 members (excludes halogenated alkanes) is 3. The molecule has 0 aliphatic rings. The van der Waals surface area contributed by atoms with Crippen molar-refractivity contribution in [2.24, 2.45) is 0 Å². The summed E-state index contributed by atoms with van der Waals surface area (Å²) in [4.78, 5) is 17.9. The van der Waals surface area contributed by atoms with Gasteiger partial charge < -0.3 is 5.32 Å². The molecular weight excluding hydrogens is 268 g/mol. The first-order valence-electron chi connectivity index (χ1n) is 6.48. The molecule has 6 nitrogen and oxygen atoms in total. The number of aromatic nitrogens is 2. The predicted octanol–water partition coefficient (Wildman–Crippen LogP) is 3.81. The van der Waals surface area contributed by atoms with Gasteiger partial charge in [-0.05, 0) is 24.9 Å². The maximum atomic E-state index is 10.9. The van der Waals surface area contributed by atoms with Crippen LogP contribution in [0.15, 0.2) is 6.20 Å². The minimum absolute atomic E-state index is 0.00582. The Bertz CT molecular complexity index is 428. The van der Waals surface area contributed by atoms with Crippen LogP contribution in [0.1, 0.15) is 46.0 Å². The predicted molar refractivity (Wildman–Crippen MR) is 75.5 cm³/mol. The monoisotopic (exact) mass is 286 g/mol. The number of anilines is 1. The van der Waals surface area contributed by atoms with Crippen molar-refractivity contribution in [1.29, 1.82) is 0 Å². The molecule has 1 heterocycles. The molecule has 0 aliphatic heterocycles. The van der Waals surface area contributed by atoms with Crippen LogP contribution in [0, 0.1) is 10.1 Å². The molecule has 0 fully saturated rings. The highest BCUT2D eigenvalue weighted by molar-refractivity contribution is 6.28. The van der Waals surface area contributed by atoms with Gasteiger partial charge in [-0.3, -0.25) is 10.1 Å². The van der Waals surface area contributed by atoms with E-state index in [4.69, 9.17) is 11.6 Å². The van der Waals surface area contributed by atoms with E-state index in [1.165, 1.54) is 19.3 Å². The number of rotatable bonds is 8. The number of nitrogens with zero attached hydrogens (tertiary/aromatic N) is 3. The van der Waals surface area contributed by atoms with Crippen molar-refractivity contribution in [2.45, 2.75) is 52.0 Å². The van der Waals surface area contributed by atoms with Crippen molar-refractivity contribution >= 4 is 23.1 Å². The fraction of sp³-hybridized carbons (Fsp3) is 0.667. The van der Waals surface area contributed by atoms with E-state index in [2.05, 4.69) is 22.2 Å². The second-order valence-corrected chi connectivity index (χ2v) is 4.86. The Labute approximate surface area is 117 Å². The van der Waals surface area contributed by atoms with E-state index in [1.54, 1.807) is 0 Å². The molecule has 19 heavy (non-hydrogen) atoms. The summed E-state index contributed by atoms with van der Waals surface area (Å²) in [6, 6.07) is 0.113. The van der Waals surface area contributed by atoms with Gasteiger partial charge in [0.05, 0.1) is 4.92 Å². The lowest BCUT2D eigenvalue weighted by molar-refractivity contribution is -0.384. The molecule has 0 aliphatic carbocycles. The van der Waals surface area contributed by atoms with E-state index < -0.39 is 4.92 Å². The second kappa shape index (κ2) is 7.89. The van der Waals surface area contributed by atoms with Gasteiger partial charge in [-0.25, -0.2) is 4.98 Å². The SMILES string of the molecule is CCCCCCC(C)Nc1nc(Cl)ncc1[N+](=O)[O-]. The smallest absolute Gasteiger partial charge is 0.329 e. The second-order valence-electron chi connectivity index (χ2n) is 4.52. The van der Waals surface area contributed by atoms with Crippen molar-refractivity contribution in [3.63, 3.8) is 0 Å². The summed E-state index contributed by atoms with van der Waals surface area (Å²) >= 11 is 5.67. The summed E-state index contributed by atoms with van der Waals surface area (Å²) in [5.74, 6) is 0.188. The highest BCUT2D eigenvalue weighted by Gasteiger charge is 2.18. The van der Waals surface area contributed by atoms with Crippen LogP contribution in [0.25, 0.3) is 0 Å². The topological polar surface area (TPSA) is 81.0 Å². The molecule has 0 radical (unpaired) electrons. The Morgan fingerprint density at radius 1 is 1.47 bits per heavy atom. The summed E-state index contributed by atoms with van der Waals surface area (Å²) in [7, 11) is 0. The van der Waals surface area contributed by atoms with Crippen LogP contribution in [0.4, 0.5) is 11.5 Å². The normalized spacial score (nSPS) is 12.2. The summed E-state index contributed by atoms with van der Waals surface area (Å²) in [5, 5.41) is 13.9. The number of hydrogen-bond donors (Lipinski definition) is 1. The molecule has 106 valence electrons. The van der Waals surface area contributed by atoms with Crippen molar-refractivity contribution in [3.05, 3.63) is 21.6 Å². The zero-order chi connectivity index (χ0) is 14.3. The lowest BCUT2D eigenvalue weighted by Crippen LogP contribution is -2.17. The molecule has 1 unspecified atom stereocenters. The zero-order valence-corrected chi connectivity index (χ0v) is 12.0. The summed E-state index contributed by atoms with van der Waals surface area (Å²) in [6.07, 6.45) is 6.74. The first-order chi connectivity index (χ1) is 9.04. The quantitative estimate of drug-likeness (QED) is 0.340. The van der Waals surface area contributed by atoms with E-state index >= 15 is 0 Å². The van der Waals surface area contributed by atoms with Gasteiger partial charge in [0.1, 0.15) is 6.20 Å². The Kier molecular flexibility index (Phi) is 6.49. The van der Waals surface area contributed by atoms with Crippen LogP contribution >= 0.6 is 11.6 Å². The van der Waals surface area contributed by atoms with Crippen molar-refractivity contribution in [1.82, 2.24) is 9.97 Å². The molecule has 0 aromatic carbocycles. The Hall–Kier alpha value is -1.43. The van der Waals surface area contributed by atoms with Gasteiger partial charge in [0.15, 0.2) is 0 Å². The van der Waals surface area contributed by atoms with Crippen LogP contribution in [-0.4, -0.2) is 20.9 Å². The average molecular weight is 287 g/mol. The van der Waals surface area contributed by atoms with Crippen LogP contribution in [0.3, 0.4) is 0 Å². The summed E-state index contributed by atoms with van der Waals surface area (Å²) in [6.45, 7) is 4.14. The van der Waals surface area contributed by atoms with Gasteiger partial charge in [-0.2, -0.15) is 4.98 Å². The van der Waals surface area contributed by atoms with E-state index in [1.807, 2.05) is 6.92 Å². The van der Waals surface area contributed by atoms with E-state index in [0.717, 1.165) is 19.0 Å². The zero-order valence-electron chi connectivity index (χ0n) is 11.2. The van der Waals surface area contributed by atoms with Gasteiger partial charge in [-0.1, -0.05) is 32.6 Å². The molecule has 7 heteroatoms. The third kappa shape index (κ3) is 5.38. The maximum Gasteiger partial charge on any atom is 0.329 e. The van der Waals surface area contributed by atoms with Crippen molar-refractivity contribution in [2.75, 3.05) is 5.32 Å².